The summed E-state index contributed by atoms with van der Waals surface area (Å²) < 4.78 is 18.7. The molecule has 0 aliphatic carbocycles. The van der Waals surface area contributed by atoms with Gasteiger partial charge in [0.1, 0.15) is 17.3 Å². The maximum atomic E-state index is 13.1. The molecule has 1 N–H and O–H groups in total. The summed E-state index contributed by atoms with van der Waals surface area (Å²) in [5.74, 6) is 1.70. The van der Waals surface area contributed by atoms with Gasteiger partial charge in [-0.05, 0) is 36.8 Å². The molecule has 0 radical (unpaired) electrons. The zero-order valence-electron chi connectivity index (χ0n) is 10.7. The van der Waals surface area contributed by atoms with Crippen molar-refractivity contribution in [3.8, 4) is 0 Å². The molecule has 1 atom stereocenters. The fraction of sp³-hybridized carbons (Fsp3) is 0.333. The third-order valence-corrected chi connectivity index (χ3v) is 3.00. The molecule has 1 aromatic carbocycles. The molecule has 96 valence electrons. The minimum absolute atomic E-state index is 0.0934. The van der Waals surface area contributed by atoms with Crippen LogP contribution in [0.25, 0.3) is 0 Å². The zero-order valence-corrected chi connectivity index (χ0v) is 10.7. The van der Waals surface area contributed by atoms with E-state index in [9.17, 15) is 4.39 Å². The number of furan rings is 1. The molecule has 0 amide bonds. The Morgan fingerprint density at radius 2 is 2.00 bits per heavy atom. The van der Waals surface area contributed by atoms with Gasteiger partial charge in [-0.15, -0.1) is 0 Å². The Kier molecular flexibility index (Phi) is 4.15. The third-order valence-electron chi connectivity index (χ3n) is 3.00. The van der Waals surface area contributed by atoms with Crippen LogP contribution >= 0.6 is 0 Å². The lowest BCUT2D eigenvalue weighted by molar-refractivity contribution is 0.435. The Labute approximate surface area is 107 Å². The molecule has 0 saturated carbocycles. The summed E-state index contributed by atoms with van der Waals surface area (Å²) in [4.78, 5) is 0. The summed E-state index contributed by atoms with van der Waals surface area (Å²) in [6.45, 7) is 4.72. The first kappa shape index (κ1) is 12.8. The van der Waals surface area contributed by atoms with Crippen LogP contribution in [0.3, 0.4) is 0 Å². The molecule has 2 rings (SSSR count). The van der Waals surface area contributed by atoms with E-state index in [1.807, 2.05) is 25.1 Å². The van der Waals surface area contributed by atoms with E-state index in [4.69, 9.17) is 4.42 Å². The minimum atomic E-state index is -0.201. The summed E-state index contributed by atoms with van der Waals surface area (Å²) in [5, 5.41) is 3.32. The van der Waals surface area contributed by atoms with Gasteiger partial charge >= 0.3 is 0 Å². The number of benzene rings is 1. The molecule has 0 aliphatic heterocycles. The maximum absolute atomic E-state index is 13.1. The Morgan fingerprint density at radius 1 is 1.22 bits per heavy atom. The molecule has 18 heavy (non-hydrogen) atoms. The lowest BCUT2D eigenvalue weighted by Crippen LogP contribution is -2.17. The number of halogens is 1. The van der Waals surface area contributed by atoms with Crippen LogP contribution in [0.5, 0.6) is 0 Å². The van der Waals surface area contributed by atoms with Gasteiger partial charge in [0.05, 0.1) is 6.54 Å². The second-order valence-electron chi connectivity index (χ2n) is 4.38. The first-order valence-electron chi connectivity index (χ1n) is 6.25. The van der Waals surface area contributed by atoms with E-state index in [2.05, 4.69) is 12.2 Å². The fourth-order valence-electron chi connectivity index (χ4n) is 1.85. The van der Waals surface area contributed by atoms with Crippen LogP contribution in [0.2, 0.25) is 0 Å². The minimum Gasteiger partial charge on any atom is -0.465 e. The zero-order chi connectivity index (χ0) is 13.0. The number of hydrogen-bond acceptors (Lipinski definition) is 2. The number of aryl methyl sites for hydroxylation is 1. The van der Waals surface area contributed by atoms with Gasteiger partial charge in [-0.25, -0.2) is 4.39 Å². The Morgan fingerprint density at radius 3 is 2.67 bits per heavy atom. The second-order valence-corrected chi connectivity index (χ2v) is 4.38. The van der Waals surface area contributed by atoms with Crippen molar-refractivity contribution in [3.05, 3.63) is 59.3 Å². The van der Waals surface area contributed by atoms with Crippen molar-refractivity contribution < 1.29 is 8.81 Å². The van der Waals surface area contributed by atoms with E-state index in [1.165, 1.54) is 6.07 Å². The largest absolute Gasteiger partial charge is 0.465 e. The van der Waals surface area contributed by atoms with Crippen molar-refractivity contribution in [2.75, 3.05) is 0 Å². The monoisotopic (exact) mass is 247 g/mol. The van der Waals surface area contributed by atoms with E-state index < -0.39 is 0 Å². The summed E-state index contributed by atoms with van der Waals surface area (Å²) in [6, 6.07) is 10.7. The van der Waals surface area contributed by atoms with Gasteiger partial charge < -0.3 is 9.73 Å². The van der Waals surface area contributed by atoms with Crippen LogP contribution in [0.4, 0.5) is 4.39 Å². The van der Waals surface area contributed by atoms with Crippen molar-refractivity contribution in [2.24, 2.45) is 0 Å². The Hall–Kier alpha value is -1.61. The maximum Gasteiger partial charge on any atom is 0.123 e. The number of nitrogens with one attached hydrogen (secondary N) is 1. The first-order valence-corrected chi connectivity index (χ1v) is 6.25. The Bertz CT molecular complexity index is 507. The molecule has 2 aromatic rings. The van der Waals surface area contributed by atoms with Gasteiger partial charge in [0.25, 0.3) is 0 Å². The molecule has 1 heterocycles. The highest BCUT2D eigenvalue weighted by Gasteiger charge is 2.07. The van der Waals surface area contributed by atoms with Crippen molar-refractivity contribution >= 4 is 0 Å². The van der Waals surface area contributed by atoms with Crippen LogP contribution in [0.15, 0.2) is 40.8 Å². The molecule has 0 saturated heterocycles. The normalized spacial score (nSPS) is 12.6. The molecule has 3 heteroatoms. The fourth-order valence-corrected chi connectivity index (χ4v) is 1.85. The van der Waals surface area contributed by atoms with Gasteiger partial charge in [0, 0.05) is 12.5 Å². The molecule has 1 aromatic heterocycles. The van der Waals surface area contributed by atoms with Crippen LogP contribution in [0, 0.1) is 5.82 Å². The third kappa shape index (κ3) is 3.20. The molecule has 0 unspecified atom stereocenters. The molecular formula is C15H18FNO. The van der Waals surface area contributed by atoms with Crippen LogP contribution in [-0.2, 0) is 13.0 Å². The van der Waals surface area contributed by atoms with Gasteiger partial charge in [-0.1, -0.05) is 19.1 Å². The quantitative estimate of drug-likeness (QED) is 0.868. The first-order chi connectivity index (χ1) is 8.69. The highest BCUT2D eigenvalue weighted by molar-refractivity contribution is 5.19. The average molecular weight is 247 g/mol. The SMILES string of the molecule is CCc1ccc(CN[C@@H](C)c2cccc(F)c2)o1. The van der Waals surface area contributed by atoms with Gasteiger partial charge in [0.15, 0.2) is 0 Å². The molecule has 0 bridgehead atoms. The lowest BCUT2D eigenvalue weighted by Gasteiger charge is -2.13. The van der Waals surface area contributed by atoms with Crippen molar-refractivity contribution in [1.29, 1.82) is 0 Å². The number of hydrogen-bond donors (Lipinski definition) is 1. The average Bonchev–Trinajstić information content (AvgIpc) is 2.84. The predicted octanol–water partition coefficient (Wildman–Crippen LogP) is 3.83. The molecular weight excluding hydrogens is 229 g/mol. The van der Waals surface area contributed by atoms with Crippen molar-refractivity contribution in [1.82, 2.24) is 5.32 Å². The van der Waals surface area contributed by atoms with Crippen molar-refractivity contribution in [3.63, 3.8) is 0 Å². The van der Waals surface area contributed by atoms with Crippen molar-refractivity contribution in [2.45, 2.75) is 32.9 Å². The molecule has 0 fully saturated rings. The van der Waals surface area contributed by atoms with E-state index in [-0.39, 0.29) is 11.9 Å². The van der Waals surface area contributed by atoms with Gasteiger partial charge in [-0.3, -0.25) is 0 Å². The van der Waals surface area contributed by atoms with E-state index in [0.717, 1.165) is 23.5 Å². The molecule has 0 aliphatic rings. The van der Waals surface area contributed by atoms with Gasteiger partial charge in [-0.2, -0.15) is 0 Å². The summed E-state index contributed by atoms with van der Waals surface area (Å²) in [6.07, 6.45) is 0.902. The smallest absolute Gasteiger partial charge is 0.123 e. The van der Waals surface area contributed by atoms with Crippen LogP contribution in [0.1, 0.15) is 37.0 Å². The summed E-state index contributed by atoms with van der Waals surface area (Å²) >= 11 is 0. The van der Waals surface area contributed by atoms with E-state index in [1.54, 1.807) is 12.1 Å². The summed E-state index contributed by atoms with van der Waals surface area (Å²) in [7, 11) is 0. The van der Waals surface area contributed by atoms with Gasteiger partial charge in [0.2, 0.25) is 0 Å². The topological polar surface area (TPSA) is 25.2 Å². The molecule has 2 nitrogen and oxygen atoms in total. The predicted molar refractivity (Wildman–Crippen MR) is 69.7 cm³/mol. The number of rotatable bonds is 5. The highest BCUT2D eigenvalue weighted by atomic mass is 19.1. The standard InChI is InChI=1S/C15H18FNO/c1-3-14-7-8-15(18-14)10-17-11(2)12-5-4-6-13(16)9-12/h4-9,11,17H,3,10H2,1-2H3/t11-/m0/s1. The highest BCUT2D eigenvalue weighted by Crippen LogP contribution is 2.15. The van der Waals surface area contributed by atoms with Crippen LogP contribution < -0.4 is 5.32 Å². The van der Waals surface area contributed by atoms with Crippen LogP contribution in [-0.4, -0.2) is 0 Å². The summed E-state index contributed by atoms with van der Waals surface area (Å²) in [5.41, 5.74) is 0.942. The molecule has 0 spiro atoms. The lowest BCUT2D eigenvalue weighted by atomic mass is 10.1. The van der Waals surface area contributed by atoms with E-state index >= 15 is 0 Å². The second kappa shape index (κ2) is 5.83. The van der Waals surface area contributed by atoms with E-state index in [0.29, 0.717) is 6.54 Å². The Balaban J connectivity index is 1.93.